The summed E-state index contributed by atoms with van der Waals surface area (Å²) in [6, 6.07) is 10.5. The highest BCUT2D eigenvalue weighted by molar-refractivity contribution is 9.10. The number of hydrogen-bond donors (Lipinski definition) is 1. The lowest BCUT2D eigenvalue weighted by atomic mass is 10.2. The standard InChI is InChI=1S/C23H19BrN2O5S/c1-4-9-31-19-12-17(24)15(10-18(19)30-3)11-20-22(28)26(23(29)32-20)13-21(27)25-16-7-5-14(2)6-8-16/h1,5-8,10-12H,9,13H2,2-3H3,(H,25,27)/b20-11-. The molecule has 9 heteroatoms. The number of thioether (sulfide) groups is 1. The molecule has 32 heavy (non-hydrogen) atoms. The van der Waals surface area contributed by atoms with E-state index in [1.165, 1.54) is 7.11 Å². The molecule has 1 aliphatic rings. The van der Waals surface area contributed by atoms with E-state index in [9.17, 15) is 14.4 Å². The number of nitrogens with one attached hydrogen (secondary N) is 1. The Bertz CT molecular complexity index is 1140. The van der Waals surface area contributed by atoms with Crippen LogP contribution in [-0.2, 0) is 9.59 Å². The zero-order valence-corrected chi connectivity index (χ0v) is 19.7. The lowest BCUT2D eigenvalue weighted by molar-refractivity contribution is -0.127. The molecule has 0 saturated carbocycles. The summed E-state index contributed by atoms with van der Waals surface area (Å²) < 4.78 is 11.4. The lowest BCUT2D eigenvalue weighted by Gasteiger charge is -2.13. The van der Waals surface area contributed by atoms with Gasteiger partial charge in [0, 0.05) is 10.2 Å². The van der Waals surface area contributed by atoms with Gasteiger partial charge in [0.15, 0.2) is 11.5 Å². The molecule has 7 nitrogen and oxygen atoms in total. The quantitative estimate of drug-likeness (QED) is 0.433. The minimum atomic E-state index is -0.544. The summed E-state index contributed by atoms with van der Waals surface area (Å²) in [5, 5.41) is 2.17. The molecule has 0 bridgehead atoms. The van der Waals surface area contributed by atoms with Crippen molar-refractivity contribution in [1.29, 1.82) is 0 Å². The average molecular weight is 515 g/mol. The lowest BCUT2D eigenvalue weighted by Crippen LogP contribution is -2.36. The highest BCUT2D eigenvalue weighted by Crippen LogP contribution is 2.38. The van der Waals surface area contributed by atoms with Gasteiger partial charge < -0.3 is 14.8 Å². The van der Waals surface area contributed by atoms with E-state index in [1.54, 1.807) is 30.3 Å². The first-order chi connectivity index (χ1) is 15.3. The molecule has 0 spiro atoms. The Labute approximate surface area is 198 Å². The van der Waals surface area contributed by atoms with Crippen LogP contribution >= 0.6 is 27.7 Å². The van der Waals surface area contributed by atoms with Crippen LogP contribution < -0.4 is 14.8 Å². The number of carbonyl (C=O) groups is 3. The van der Waals surface area contributed by atoms with Gasteiger partial charge in [-0.1, -0.05) is 39.5 Å². The normalized spacial score (nSPS) is 14.4. The molecule has 0 aliphatic carbocycles. The Morgan fingerprint density at radius 3 is 2.62 bits per heavy atom. The second-order valence-electron chi connectivity index (χ2n) is 6.70. The van der Waals surface area contributed by atoms with Gasteiger partial charge in [-0.3, -0.25) is 19.3 Å². The van der Waals surface area contributed by atoms with Crippen LogP contribution in [0.4, 0.5) is 10.5 Å². The Kier molecular flexibility index (Phi) is 7.62. The van der Waals surface area contributed by atoms with E-state index >= 15 is 0 Å². The van der Waals surface area contributed by atoms with Crippen LogP contribution in [0.2, 0.25) is 0 Å². The molecule has 1 heterocycles. The van der Waals surface area contributed by atoms with E-state index in [0.29, 0.717) is 27.2 Å². The molecule has 1 N–H and O–H groups in total. The SMILES string of the molecule is C#CCOc1cc(Br)c(/C=C2\SC(=O)N(CC(=O)Nc3ccc(C)cc3)C2=O)cc1OC. The van der Waals surface area contributed by atoms with Crippen LogP contribution in [0, 0.1) is 19.3 Å². The predicted molar refractivity (Wildman–Crippen MR) is 128 cm³/mol. The fraction of sp³-hybridized carbons (Fsp3) is 0.174. The number of rotatable bonds is 7. The number of nitrogens with zero attached hydrogens (tertiary/aromatic N) is 1. The van der Waals surface area contributed by atoms with Crippen molar-refractivity contribution in [2.45, 2.75) is 6.92 Å². The van der Waals surface area contributed by atoms with Gasteiger partial charge in [-0.15, -0.1) is 6.42 Å². The Balaban J connectivity index is 1.75. The van der Waals surface area contributed by atoms with Crippen molar-refractivity contribution in [1.82, 2.24) is 4.90 Å². The van der Waals surface area contributed by atoms with Crippen LogP contribution in [0.15, 0.2) is 45.8 Å². The zero-order valence-electron chi connectivity index (χ0n) is 17.3. The van der Waals surface area contributed by atoms with Crippen LogP contribution in [0.5, 0.6) is 11.5 Å². The third-order valence-electron chi connectivity index (χ3n) is 4.39. The molecule has 3 rings (SSSR count). The van der Waals surface area contributed by atoms with Crippen LogP contribution in [0.25, 0.3) is 6.08 Å². The van der Waals surface area contributed by atoms with Gasteiger partial charge in [0.2, 0.25) is 5.91 Å². The first-order valence-electron chi connectivity index (χ1n) is 9.38. The number of ether oxygens (including phenoxy) is 2. The number of amides is 3. The second-order valence-corrected chi connectivity index (χ2v) is 8.55. The summed E-state index contributed by atoms with van der Waals surface area (Å²) in [5.41, 5.74) is 2.24. The van der Waals surface area contributed by atoms with Crippen molar-refractivity contribution >= 4 is 56.5 Å². The fourth-order valence-electron chi connectivity index (χ4n) is 2.81. The van der Waals surface area contributed by atoms with Gasteiger partial charge in [0.25, 0.3) is 11.1 Å². The van der Waals surface area contributed by atoms with Gasteiger partial charge >= 0.3 is 0 Å². The number of aryl methyl sites for hydroxylation is 1. The van der Waals surface area contributed by atoms with E-state index < -0.39 is 17.1 Å². The van der Waals surface area contributed by atoms with Crippen molar-refractivity contribution in [2.24, 2.45) is 0 Å². The summed E-state index contributed by atoms with van der Waals surface area (Å²) in [7, 11) is 1.48. The molecule has 2 aromatic rings. The molecule has 1 aliphatic heterocycles. The molecular formula is C23H19BrN2O5S. The highest BCUT2D eigenvalue weighted by atomic mass is 79.9. The van der Waals surface area contributed by atoms with Crippen LogP contribution in [0.1, 0.15) is 11.1 Å². The maximum absolute atomic E-state index is 12.8. The maximum Gasteiger partial charge on any atom is 0.294 e. The number of halogens is 1. The Morgan fingerprint density at radius 2 is 1.97 bits per heavy atom. The molecule has 1 saturated heterocycles. The summed E-state index contributed by atoms with van der Waals surface area (Å²) in [6.07, 6.45) is 6.78. The average Bonchev–Trinajstić information content (AvgIpc) is 3.02. The molecule has 3 amide bonds. The summed E-state index contributed by atoms with van der Waals surface area (Å²) in [4.78, 5) is 38.6. The number of hydrogen-bond acceptors (Lipinski definition) is 6. The van der Waals surface area contributed by atoms with Crippen molar-refractivity contribution in [3.63, 3.8) is 0 Å². The molecule has 2 aromatic carbocycles. The molecular weight excluding hydrogens is 496 g/mol. The van der Waals surface area contributed by atoms with E-state index in [2.05, 4.69) is 27.2 Å². The molecule has 0 aromatic heterocycles. The van der Waals surface area contributed by atoms with Crippen LogP contribution in [0.3, 0.4) is 0 Å². The number of imide groups is 1. The van der Waals surface area contributed by atoms with Crippen molar-refractivity contribution in [2.75, 3.05) is 25.6 Å². The van der Waals surface area contributed by atoms with E-state index in [-0.39, 0.29) is 18.1 Å². The first kappa shape index (κ1) is 23.4. The first-order valence-corrected chi connectivity index (χ1v) is 11.0. The number of methoxy groups -OCH3 is 1. The smallest absolute Gasteiger partial charge is 0.294 e. The monoisotopic (exact) mass is 514 g/mol. The number of terminal acetylenes is 1. The van der Waals surface area contributed by atoms with Gasteiger partial charge in [-0.2, -0.15) is 0 Å². The van der Waals surface area contributed by atoms with E-state index in [1.807, 2.05) is 19.1 Å². The number of anilines is 1. The Morgan fingerprint density at radius 1 is 1.25 bits per heavy atom. The zero-order chi connectivity index (χ0) is 23.3. The molecule has 0 unspecified atom stereocenters. The van der Waals surface area contributed by atoms with Crippen molar-refractivity contribution in [3.8, 4) is 23.8 Å². The maximum atomic E-state index is 12.8. The van der Waals surface area contributed by atoms with Gasteiger partial charge in [-0.05, 0) is 54.6 Å². The molecule has 0 atom stereocenters. The number of benzene rings is 2. The van der Waals surface area contributed by atoms with E-state index in [4.69, 9.17) is 15.9 Å². The van der Waals surface area contributed by atoms with Crippen molar-refractivity contribution in [3.05, 3.63) is 56.9 Å². The third-order valence-corrected chi connectivity index (χ3v) is 5.99. The third kappa shape index (κ3) is 5.52. The summed E-state index contributed by atoms with van der Waals surface area (Å²) >= 11 is 4.19. The van der Waals surface area contributed by atoms with Gasteiger partial charge in [-0.25, -0.2) is 0 Å². The summed E-state index contributed by atoms with van der Waals surface area (Å²) in [5.74, 6) is 2.24. The second kappa shape index (κ2) is 10.4. The predicted octanol–water partition coefficient (Wildman–Crippen LogP) is 4.45. The molecule has 0 radical (unpaired) electrons. The minimum Gasteiger partial charge on any atom is -0.493 e. The Hall–Kier alpha value is -3.22. The highest BCUT2D eigenvalue weighted by Gasteiger charge is 2.36. The van der Waals surface area contributed by atoms with Gasteiger partial charge in [0.1, 0.15) is 13.2 Å². The summed E-state index contributed by atoms with van der Waals surface area (Å²) in [6.45, 7) is 1.63. The largest absolute Gasteiger partial charge is 0.493 e. The van der Waals surface area contributed by atoms with E-state index in [0.717, 1.165) is 22.2 Å². The minimum absolute atomic E-state index is 0.0751. The fourth-order valence-corrected chi connectivity index (χ4v) is 4.08. The van der Waals surface area contributed by atoms with Crippen LogP contribution in [-0.4, -0.2) is 42.2 Å². The van der Waals surface area contributed by atoms with Crippen molar-refractivity contribution < 1.29 is 23.9 Å². The van der Waals surface area contributed by atoms with Gasteiger partial charge in [0.05, 0.1) is 12.0 Å². The molecule has 1 fully saturated rings. The topological polar surface area (TPSA) is 84.9 Å². The molecule has 164 valence electrons. The number of carbonyl (C=O) groups excluding carboxylic acids is 3.